The van der Waals surface area contributed by atoms with Crippen molar-refractivity contribution in [3.05, 3.63) is 24.5 Å². The molecule has 1 rings (SSSR count). The first-order valence-electron chi connectivity index (χ1n) is 7.56. The molecule has 0 saturated heterocycles. The highest BCUT2D eigenvalue weighted by atomic mass is 16.5. The van der Waals surface area contributed by atoms with Crippen molar-refractivity contribution in [2.75, 3.05) is 7.11 Å². The summed E-state index contributed by atoms with van der Waals surface area (Å²) >= 11 is 0. The molecule has 0 N–H and O–H groups in total. The van der Waals surface area contributed by atoms with E-state index in [9.17, 15) is 0 Å². The van der Waals surface area contributed by atoms with Crippen LogP contribution in [0.15, 0.2) is 24.5 Å². The molecular formula is C17H30O2. The Hall–Kier alpha value is -0.760. The first-order chi connectivity index (χ1) is 9.04. The quantitative estimate of drug-likeness (QED) is 0.674. The van der Waals surface area contributed by atoms with Gasteiger partial charge in [0.25, 0.3) is 0 Å². The minimum Gasteiger partial charge on any atom is -0.495 e. The number of hydrogen-bond donors (Lipinski definition) is 0. The third-order valence-electron chi connectivity index (χ3n) is 3.99. The maximum absolute atomic E-state index is 5.99. The monoisotopic (exact) mass is 266 g/mol. The molecule has 1 aliphatic rings. The highest BCUT2D eigenvalue weighted by Gasteiger charge is 2.18. The highest BCUT2D eigenvalue weighted by Crippen LogP contribution is 2.23. The van der Waals surface area contributed by atoms with Crippen LogP contribution in [0.3, 0.4) is 0 Å². The molecule has 0 amide bonds. The van der Waals surface area contributed by atoms with E-state index in [0.717, 1.165) is 37.9 Å². The molecule has 0 saturated carbocycles. The molecule has 0 fully saturated rings. The molecule has 2 unspecified atom stereocenters. The molecule has 2 heteroatoms. The maximum Gasteiger partial charge on any atom is 0.104 e. The van der Waals surface area contributed by atoms with Crippen LogP contribution < -0.4 is 0 Å². The van der Waals surface area contributed by atoms with Gasteiger partial charge in [0.05, 0.1) is 11.9 Å². The smallest absolute Gasteiger partial charge is 0.104 e. The fourth-order valence-electron chi connectivity index (χ4n) is 2.56. The van der Waals surface area contributed by atoms with Crippen LogP contribution in [0.2, 0.25) is 0 Å². The van der Waals surface area contributed by atoms with Crippen LogP contribution in [0.5, 0.6) is 0 Å². The Morgan fingerprint density at radius 3 is 2.63 bits per heavy atom. The number of hydrogen-bond acceptors (Lipinski definition) is 2. The second-order valence-corrected chi connectivity index (χ2v) is 6.03. The molecule has 110 valence electrons. The molecule has 0 aromatic heterocycles. The highest BCUT2D eigenvalue weighted by molar-refractivity contribution is 4.92. The van der Waals surface area contributed by atoms with Gasteiger partial charge in [-0.15, -0.1) is 0 Å². The number of rotatable bonds is 2. The van der Waals surface area contributed by atoms with Crippen LogP contribution in [0.25, 0.3) is 0 Å². The Balaban J connectivity index is 2.67. The molecule has 0 aliphatic carbocycles. The lowest BCUT2D eigenvalue weighted by Gasteiger charge is -2.25. The van der Waals surface area contributed by atoms with Crippen LogP contribution in [0.4, 0.5) is 0 Å². The summed E-state index contributed by atoms with van der Waals surface area (Å²) in [5, 5.41) is 0. The summed E-state index contributed by atoms with van der Waals surface area (Å²) in [5.41, 5.74) is 0. The van der Waals surface area contributed by atoms with Gasteiger partial charge in [-0.25, -0.2) is 0 Å². The Morgan fingerprint density at radius 1 is 1.32 bits per heavy atom. The predicted octanol–water partition coefficient (Wildman–Crippen LogP) is 4.71. The minimum atomic E-state index is 0.261. The minimum absolute atomic E-state index is 0.261. The van der Waals surface area contributed by atoms with Crippen molar-refractivity contribution in [2.24, 2.45) is 11.8 Å². The van der Waals surface area contributed by atoms with Crippen molar-refractivity contribution in [2.45, 2.75) is 65.1 Å². The van der Waals surface area contributed by atoms with Crippen molar-refractivity contribution in [3.8, 4) is 0 Å². The molecule has 0 aromatic carbocycles. The summed E-state index contributed by atoms with van der Waals surface area (Å²) in [6.45, 7) is 10.8. The average molecular weight is 266 g/mol. The first-order valence-corrected chi connectivity index (χ1v) is 7.56. The summed E-state index contributed by atoms with van der Waals surface area (Å²) in [6.07, 6.45) is 10.3. The lowest BCUT2D eigenvalue weighted by molar-refractivity contribution is 0.0449. The van der Waals surface area contributed by atoms with Gasteiger partial charge >= 0.3 is 0 Å². The van der Waals surface area contributed by atoms with Crippen LogP contribution >= 0.6 is 0 Å². The lowest BCUT2D eigenvalue weighted by Crippen LogP contribution is -2.22. The molecule has 1 aliphatic heterocycles. The van der Waals surface area contributed by atoms with E-state index in [0.29, 0.717) is 17.9 Å². The number of methoxy groups -OCH3 is 1. The molecule has 0 bridgehead atoms. The van der Waals surface area contributed by atoms with Crippen molar-refractivity contribution in [1.82, 2.24) is 0 Å². The van der Waals surface area contributed by atoms with Gasteiger partial charge in [0.2, 0.25) is 0 Å². The van der Waals surface area contributed by atoms with E-state index >= 15 is 0 Å². The van der Waals surface area contributed by atoms with Crippen LogP contribution in [-0.2, 0) is 9.47 Å². The summed E-state index contributed by atoms with van der Waals surface area (Å²) in [7, 11) is 1.82. The molecule has 0 radical (unpaired) electrons. The average Bonchev–Trinajstić information content (AvgIpc) is 2.36. The Bertz CT molecular complexity index is 294. The molecular weight excluding hydrogens is 236 g/mol. The van der Waals surface area contributed by atoms with Gasteiger partial charge in [-0.2, -0.15) is 0 Å². The molecule has 3 atom stereocenters. The number of ether oxygens (including phenoxy) is 2. The van der Waals surface area contributed by atoms with Gasteiger partial charge in [0, 0.05) is 20.0 Å². The van der Waals surface area contributed by atoms with Gasteiger partial charge in [-0.1, -0.05) is 39.5 Å². The van der Waals surface area contributed by atoms with Crippen LogP contribution in [0.1, 0.15) is 52.9 Å². The molecule has 1 heterocycles. The topological polar surface area (TPSA) is 18.5 Å². The standard InChI is InChI=1S/C17H30O2/c1-13(2)16-11-7-6-9-14(3)17(18-5)12-8-10-15(4)19-16/h6-7,13-14,16-17H,4,8-12H2,1-3,5H3/b7-6+/t14-,16?,17?/m0/s1. The molecule has 2 nitrogen and oxygen atoms in total. The Kier molecular flexibility index (Phi) is 7.22. The van der Waals surface area contributed by atoms with Crippen molar-refractivity contribution < 1.29 is 9.47 Å². The normalized spacial score (nSPS) is 32.3. The summed E-state index contributed by atoms with van der Waals surface area (Å²) < 4.78 is 11.6. The third-order valence-corrected chi connectivity index (χ3v) is 3.99. The van der Waals surface area contributed by atoms with Crippen molar-refractivity contribution >= 4 is 0 Å². The van der Waals surface area contributed by atoms with Gasteiger partial charge in [0.15, 0.2) is 0 Å². The maximum atomic E-state index is 5.99. The largest absolute Gasteiger partial charge is 0.495 e. The SMILES string of the molecule is C=C1CCCC(OC)[C@@H](C)C/C=C/CC(C(C)C)O1. The second kappa shape index (κ2) is 8.42. The molecule has 19 heavy (non-hydrogen) atoms. The fourth-order valence-corrected chi connectivity index (χ4v) is 2.56. The van der Waals surface area contributed by atoms with E-state index in [4.69, 9.17) is 9.47 Å². The zero-order chi connectivity index (χ0) is 14.3. The predicted molar refractivity (Wildman–Crippen MR) is 81.0 cm³/mol. The summed E-state index contributed by atoms with van der Waals surface area (Å²) in [6, 6.07) is 0. The van der Waals surface area contributed by atoms with E-state index in [1.165, 1.54) is 0 Å². The van der Waals surface area contributed by atoms with Crippen LogP contribution in [0, 0.1) is 11.8 Å². The zero-order valence-electron chi connectivity index (χ0n) is 13.0. The van der Waals surface area contributed by atoms with Crippen molar-refractivity contribution in [3.63, 3.8) is 0 Å². The van der Waals surface area contributed by atoms with Gasteiger partial charge in [0.1, 0.15) is 6.10 Å². The van der Waals surface area contributed by atoms with E-state index in [-0.39, 0.29) is 6.10 Å². The summed E-state index contributed by atoms with van der Waals surface area (Å²) in [4.78, 5) is 0. The van der Waals surface area contributed by atoms with E-state index in [1.807, 2.05) is 7.11 Å². The fraction of sp³-hybridized carbons (Fsp3) is 0.765. The second-order valence-electron chi connectivity index (χ2n) is 6.03. The zero-order valence-corrected chi connectivity index (χ0v) is 13.0. The van der Waals surface area contributed by atoms with Gasteiger partial charge < -0.3 is 9.47 Å². The molecule has 0 spiro atoms. The lowest BCUT2D eigenvalue weighted by atomic mass is 9.94. The van der Waals surface area contributed by atoms with Gasteiger partial charge in [-0.05, 0) is 31.1 Å². The van der Waals surface area contributed by atoms with Crippen molar-refractivity contribution in [1.29, 1.82) is 0 Å². The summed E-state index contributed by atoms with van der Waals surface area (Å²) in [5.74, 6) is 2.02. The van der Waals surface area contributed by atoms with E-state index < -0.39 is 0 Å². The number of allylic oxidation sites excluding steroid dienone is 2. The van der Waals surface area contributed by atoms with Crippen LogP contribution in [-0.4, -0.2) is 19.3 Å². The van der Waals surface area contributed by atoms with E-state index in [2.05, 4.69) is 39.5 Å². The third kappa shape index (κ3) is 5.82. The van der Waals surface area contributed by atoms with Gasteiger partial charge in [-0.3, -0.25) is 0 Å². The molecule has 0 aromatic rings. The van der Waals surface area contributed by atoms with E-state index in [1.54, 1.807) is 0 Å². The first kappa shape index (κ1) is 16.3. The Labute approximate surface area is 118 Å². The Morgan fingerprint density at radius 2 is 2.00 bits per heavy atom.